The smallest absolute Gasteiger partial charge is 0.124 e. The van der Waals surface area contributed by atoms with Gasteiger partial charge >= 0.3 is 0 Å². The lowest BCUT2D eigenvalue weighted by molar-refractivity contribution is 0.624. The molecule has 0 aromatic heterocycles. The molecule has 1 aliphatic carbocycles. The molecule has 1 fully saturated rings. The summed E-state index contributed by atoms with van der Waals surface area (Å²) < 4.78 is 13.8. The van der Waals surface area contributed by atoms with Crippen LogP contribution in [-0.2, 0) is 0 Å². The van der Waals surface area contributed by atoms with Gasteiger partial charge in [-0.05, 0) is 49.0 Å². The molecule has 1 aliphatic rings. The average Bonchev–Trinajstić information content (AvgIpc) is 2.94. The van der Waals surface area contributed by atoms with Gasteiger partial charge in [0.05, 0.1) is 0 Å². The summed E-state index contributed by atoms with van der Waals surface area (Å²) >= 11 is 3.42. The van der Waals surface area contributed by atoms with Gasteiger partial charge in [0.1, 0.15) is 5.82 Å². The maximum absolute atomic E-state index is 12.9. The third kappa shape index (κ3) is 2.58. The Labute approximate surface area is 98.2 Å². The lowest BCUT2D eigenvalue weighted by Crippen LogP contribution is -2.16. The van der Waals surface area contributed by atoms with Crippen molar-refractivity contribution in [3.8, 4) is 0 Å². The highest BCUT2D eigenvalue weighted by molar-refractivity contribution is 9.10. The number of nitrogens with one attached hydrogen (secondary N) is 1. The van der Waals surface area contributed by atoms with Gasteiger partial charge in [-0.2, -0.15) is 0 Å². The summed E-state index contributed by atoms with van der Waals surface area (Å²) in [5, 5.41) is 3.35. The van der Waals surface area contributed by atoms with Crippen LogP contribution in [-0.4, -0.2) is 13.1 Å². The van der Waals surface area contributed by atoms with Gasteiger partial charge in [0.15, 0.2) is 0 Å². The van der Waals surface area contributed by atoms with Crippen LogP contribution in [0.1, 0.15) is 24.8 Å². The molecule has 82 valence electrons. The minimum atomic E-state index is -0.172. The molecule has 1 aromatic rings. The highest BCUT2D eigenvalue weighted by atomic mass is 79.9. The van der Waals surface area contributed by atoms with Crippen LogP contribution in [0.3, 0.4) is 0 Å². The lowest BCUT2D eigenvalue weighted by atomic mass is 10.1. The second-order valence-corrected chi connectivity index (χ2v) is 4.93. The fourth-order valence-corrected chi connectivity index (χ4v) is 2.63. The van der Waals surface area contributed by atoms with Gasteiger partial charge in [0.25, 0.3) is 0 Å². The highest BCUT2D eigenvalue weighted by Gasteiger charge is 2.38. The van der Waals surface area contributed by atoms with E-state index in [2.05, 4.69) is 28.2 Å². The van der Waals surface area contributed by atoms with Gasteiger partial charge < -0.3 is 5.32 Å². The van der Waals surface area contributed by atoms with E-state index in [1.54, 1.807) is 12.1 Å². The summed E-state index contributed by atoms with van der Waals surface area (Å²) in [6, 6.07) is 5.00. The molecule has 0 radical (unpaired) electrons. The topological polar surface area (TPSA) is 12.0 Å². The molecule has 1 N–H and O–H groups in total. The minimum absolute atomic E-state index is 0.172. The standard InChI is InChI=1S/C12H15BrFN/c1-2-15-7-8-5-11(8)10-4-3-9(14)6-12(10)13/h3-4,6,8,11,15H,2,5,7H2,1H3. The molecule has 15 heavy (non-hydrogen) atoms. The summed E-state index contributed by atoms with van der Waals surface area (Å²) in [6.07, 6.45) is 1.22. The van der Waals surface area contributed by atoms with Crippen molar-refractivity contribution in [3.63, 3.8) is 0 Å². The first-order valence-corrected chi connectivity index (χ1v) is 6.17. The van der Waals surface area contributed by atoms with Gasteiger partial charge in [-0.1, -0.05) is 28.9 Å². The zero-order valence-corrected chi connectivity index (χ0v) is 10.3. The fraction of sp³-hybridized carbons (Fsp3) is 0.500. The van der Waals surface area contributed by atoms with E-state index in [0.717, 1.165) is 23.5 Å². The van der Waals surface area contributed by atoms with Crippen LogP contribution in [0.4, 0.5) is 4.39 Å². The van der Waals surface area contributed by atoms with Crippen LogP contribution in [0, 0.1) is 11.7 Å². The Balaban J connectivity index is 2.00. The first kappa shape index (κ1) is 11.1. The van der Waals surface area contributed by atoms with Crippen LogP contribution in [0.2, 0.25) is 0 Å². The average molecular weight is 272 g/mol. The Bertz CT molecular complexity index is 353. The van der Waals surface area contributed by atoms with Gasteiger partial charge in [0, 0.05) is 4.47 Å². The van der Waals surface area contributed by atoms with E-state index in [-0.39, 0.29) is 5.82 Å². The summed E-state index contributed by atoms with van der Waals surface area (Å²) in [5.41, 5.74) is 1.25. The maximum atomic E-state index is 12.9. The largest absolute Gasteiger partial charge is 0.317 e. The number of hydrogen-bond donors (Lipinski definition) is 1. The van der Waals surface area contributed by atoms with Crippen molar-refractivity contribution >= 4 is 15.9 Å². The van der Waals surface area contributed by atoms with Crippen molar-refractivity contribution in [1.82, 2.24) is 5.32 Å². The quantitative estimate of drug-likeness (QED) is 0.886. The highest BCUT2D eigenvalue weighted by Crippen LogP contribution is 2.49. The van der Waals surface area contributed by atoms with Crippen LogP contribution >= 0.6 is 15.9 Å². The normalized spacial score (nSPS) is 24.2. The molecule has 1 nitrogen and oxygen atoms in total. The maximum Gasteiger partial charge on any atom is 0.124 e. The third-order valence-corrected chi connectivity index (χ3v) is 3.63. The van der Waals surface area contributed by atoms with E-state index in [1.807, 2.05) is 6.07 Å². The molecule has 1 aromatic carbocycles. The number of benzene rings is 1. The van der Waals surface area contributed by atoms with Crippen molar-refractivity contribution in [3.05, 3.63) is 34.1 Å². The first-order chi connectivity index (χ1) is 7.22. The molecule has 0 heterocycles. The second kappa shape index (κ2) is 4.62. The predicted molar refractivity (Wildman–Crippen MR) is 63.5 cm³/mol. The Morgan fingerprint density at radius 1 is 1.53 bits per heavy atom. The molecule has 1 saturated carbocycles. The SMILES string of the molecule is CCNCC1CC1c1ccc(F)cc1Br. The molecule has 2 unspecified atom stereocenters. The molecule has 0 saturated heterocycles. The van der Waals surface area contributed by atoms with E-state index >= 15 is 0 Å². The van der Waals surface area contributed by atoms with E-state index in [1.165, 1.54) is 12.0 Å². The van der Waals surface area contributed by atoms with Gasteiger partial charge in [-0.25, -0.2) is 4.39 Å². The molecule has 0 spiro atoms. The fourth-order valence-electron chi connectivity index (χ4n) is 1.99. The minimum Gasteiger partial charge on any atom is -0.317 e. The van der Waals surface area contributed by atoms with Crippen LogP contribution in [0.15, 0.2) is 22.7 Å². The molecule has 3 heteroatoms. The van der Waals surface area contributed by atoms with Gasteiger partial charge in [-0.3, -0.25) is 0 Å². The monoisotopic (exact) mass is 271 g/mol. The number of rotatable bonds is 4. The van der Waals surface area contributed by atoms with Crippen LogP contribution in [0.5, 0.6) is 0 Å². The number of halogens is 2. The molecule has 2 atom stereocenters. The summed E-state index contributed by atoms with van der Waals surface area (Å²) in [6.45, 7) is 4.21. The number of hydrogen-bond acceptors (Lipinski definition) is 1. The third-order valence-electron chi connectivity index (χ3n) is 2.94. The summed E-state index contributed by atoms with van der Waals surface area (Å²) in [5.74, 6) is 1.17. The molecule has 0 aliphatic heterocycles. The molecule has 2 rings (SSSR count). The van der Waals surface area contributed by atoms with Crippen LogP contribution < -0.4 is 5.32 Å². The Kier molecular flexibility index (Phi) is 3.42. The molecule has 0 amide bonds. The van der Waals surface area contributed by atoms with Gasteiger partial charge in [-0.15, -0.1) is 0 Å². The predicted octanol–water partition coefficient (Wildman–Crippen LogP) is 3.30. The van der Waals surface area contributed by atoms with E-state index in [4.69, 9.17) is 0 Å². The zero-order valence-electron chi connectivity index (χ0n) is 8.76. The van der Waals surface area contributed by atoms with Crippen molar-refractivity contribution in [2.24, 2.45) is 5.92 Å². The molecule has 0 bridgehead atoms. The van der Waals surface area contributed by atoms with Crippen molar-refractivity contribution in [2.75, 3.05) is 13.1 Å². The van der Waals surface area contributed by atoms with Crippen molar-refractivity contribution in [2.45, 2.75) is 19.3 Å². The lowest BCUT2D eigenvalue weighted by Gasteiger charge is -2.04. The molecular formula is C12H15BrFN. The van der Waals surface area contributed by atoms with Crippen molar-refractivity contribution in [1.29, 1.82) is 0 Å². The van der Waals surface area contributed by atoms with Crippen molar-refractivity contribution < 1.29 is 4.39 Å². The zero-order chi connectivity index (χ0) is 10.8. The van der Waals surface area contributed by atoms with Gasteiger partial charge in [0.2, 0.25) is 0 Å². The Hall–Kier alpha value is -0.410. The second-order valence-electron chi connectivity index (χ2n) is 4.08. The Morgan fingerprint density at radius 3 is 3.00 bits per heavy atom. The van der Waals surface area contributed by atoms with E-state index in [0.29, 0.717) is 5.92 Å². The summed E-state index contributed by atoms with van der Waals surface area (Å²) in [4.78, 5) is 0. The summed E-state index contributed by atoms with van der Waals surface area (Å²) in [7, 11) is 0. The molecular weight excluding hydrogens is 257 g/mol. The van der Waals surface area contributed by atoms with E-state index < -0.39 is 0 Å². The Morgan fingerprint density at radius 2 is 2.33 bits per heavy atom. The van der Waals surface area contributed by atoms with E-state index in [9.17, 15) is 4.39 Å². The van der Waals surface area contributed by atoms with Crippen LogP contribution in [0.25, 0.3) is 0 Å². The first-order valence-electron chi connectivity index (χ1n) is 5.38.